The standard InChI is InChI=1S/C49H39N3O/c1-3-33(2)49(51-48(50-32-34-15-7-4-8-16-34)39-23-26-41-40-21-13-14-22-46(40)53-47(41)31-39)52-44-27-24-37(35-17-9-5-10-18-35)29-42(44)43-30-38(25-28-45(43)52)36-19-11-6-12-20-36/h4-31,33H,3,32H2,1-2H3. The predicted molar refractivity (Wildman–Crippen MR) is 223 cm³/mol. The summed E-state index contributed by atoms with van der Waals surface area (Å²) in [6, 6.07) is 59.9. The van der Waals surface area contributed by atoms with Crippen LogP contribution < -0.4 is 0 Å². The van der Waals surface area contributed by atoms with E-state index in [0.717, 1.165) is 56.4 Å². The maximum absolute atomic E-state index is 6.35. The van der Waals surface area contributed by atoms with Gasteiger partial charge in [-0.05, 0) is 76.7 Å². The van der Waals surface area contributed by atoms with Crippen molar-refractivity contribution in [3.05, 3.63) is 181 Å². The second kappa shape index (κ2) is 13.9. The highest BCUT2D eigenvalue weighted by Crippen LogP contribution is 2.37. The topological polar surface area (TPSA) is 42.8 Å². The molecule has 0 aliphatic carbocycles. The van der Waals surface area contributed by atoms with Crippen molar-refractivity contribution in [3.8, 4) is 22.3 Å². The van der Waals surface area contributed by atoms with Crippen molar-refractivity contribution in [2.45, 2.75) is 26.8 Å². The Balaban J connectivity index is 1.28. The fourth-order valence-electron chi connectivity index (χ4n) is 7.37. The quantitative estimate of drug-likeness (QED) is 0.122. The van der Waals surface area contributed by atoms with Crippen LogP contribution in [0.25, 0.3) is 66.0 Å². The van der Waals surface area contributed by atoms with Gasteiger partial charge in [0.15, 0.2) is 5.84 Å². The highest BCUT2D eigenvalue weighted by molar-refractivity contribution is 6.19. The van der Waals surface area contributed by atoms with Gasteiger partial charge in [-0.15, -0.1) is 0 Å². The molecule has 9 aromatic rings. The summed E-state index contributed by atoms with van der Waals surface area (Å²) in [6.07, 6.45) is 0.915. The van der Waals surface area contributed by atoms with Gasteiger partial charge in [0.05, 0.1) is 17.6 Å². The van der Waals surface area contributed by atoms with E-state index < -0.39 is 0 Å². The Morgan fingerprint density at radius 2 is 1.11 bits per heavy atom. The molecule has 0 aliphatic heterocycles. The van der Waals surface area contributed by atoms with Crippen LogP contribution in [0.15, 0.2) is 184 Å². The van der Waals surface area contributed by atoms with Crippen molar-refractivity contribution in [1.82, 2.24) is 4.57 Å². The first kappa shape index (κ1) is 32.4. The Bertz CT molecular complexity index is 2690. The molecule has 9 rings (SSSR count). The number of nitrogens with zero attached hydrogens (tertiary/aromatic N) is 3. The molecule has 0 amide bonds. The first-order valence-corrected chi connectivity index (χ1v) is 18.4. The third-order valence-electron chi connectivity index (χ3n) is 10.4. The first-order chi connectivity index (χ1) is 26.1. The van der Waals surface area contributed by atoms with Crippen LogP contribution in [0.4, 0.5) is 0 Å². The molecule has 2 heterocycles. The van der Waals surface area contributed by atoms with Crippen molar-refractivity contribution in [3.63, 3.8) is 0 Å². The van der Waals surface area contributed by atoms with E-state index in [9.17, 15) is 0 Å². The molecule has 4 nitrogen and oxygen atoms in total. The molecule has 0 aliphatic rings. The van der Waals surface area contributed by atoms with Crippen LogP contribution in [-0.2, 0) is 6.54 Å². The molecule has 4 heteroatoms. The van der Waals surface area contributed by atoms with E-state index in [1.165, 1.54) is 33.0 Å². The van der Waals surface area contributed by atoms with Gasteiger partial charge in [-0.3, -0.25) is 9.56 Å². The molecule has 0 bridgehead atoms. The zero-order valence-corrected chi connectivity index (χ0v) is 29.9. The van der Waals surface area contributed by atoms with E-state index in [1.54, 1.807) is 0 Å². The van der Waals surface area contributed by atoms with Crippen LogP contribution in [0, 0.1) is 5.92 Å². The van der Waals surface area contributed by atoms with Gasteiger partial charge in [0.2, 0.25) is 0 Å². The fraction of sp³-hybridized carbons (Fsp3) is 0.102. The summed E-state index contributed by atoms with van der Waals surface area (Å²) in [5.41, 5.74) is 10.8. The number of fused-ring (bicyclic) bond motifs is 6. The lowest BCUT2D eigenvalue weighted by Gasteiger charge is -2.18. The maximum atomic E-state index is 6.35. The molecule has 0 N–H and O–H groups in total. The average Bonchev–Trinajstić information content (AvgIpc) is 3.76. The van der Waals surface area contributed by atoms with Gasteiger partial charge in [-0.25, -0.2) is 4.99 Å². The zero-order valence-electron chi connectivity index (χ0n) is 29.9. The number of benzene rings is 7. The minimum atomic E-state index is 0.133. The lowest BCUT2D eigenvalue weighted by Crippen LogP contribution is -2.22. The monoisotopic (exact) mass is 685 g/mol. The van der Waals surface area contributed by atoms with Crippen LogP contribution in [0.1, 0.15) is 31.4 Å². The van der Waals surface area contributed by atoms with Crippen molar-refractivity contribution in [2.75, 3.05) is 0 Å². The molecule has 1 atom stereocenters. The maximum Gasteiger partial charge on any atom is 0.157 e. The normalized spacial score (nSPS) is 13.0. The molecule has 256 valence electrons. The van der Waals surface area contributed by atoms with Crippen molar-refractivity contribution in [2.24, 2.45) is 15.9 Å². The number of amidine groups is 1. The van der Waals surface area contributed by atoms with Gasteiger partial charge in [0.1, 0.15) is 17.0 Å². The summed E-state index contributed by atoms with van der Waals surface area (Å²) in [7, 11) is 0. The Hall–Kier alpha value is -6.52. The van der Waals surface area contributed by atoms with Crippen LogP contribution in [0.3, 0.4) is 0 Å². The molecule has 1 unspecified atom stereocenters. The second-order valence-electron chi connectivity index (χ2n) is 13.7. The number of hydrogen-bond donors (Lipinski definition) is 0. The van der Waals surface area contributed by atoms with Crippen molar-refractivity contribution in [1.29, 1.82) is 0 Å². The van der Waals surface area contributed by atoms with Crippen LogP contribution in [0.5, 0.6) is 0 Å². The number of hydrogen-bond acceptors (Lipinski definition) is 2. The van der Waals surface area contributed by atoms with Gasteiger partial charge < -0.3 is 4.42 Å². The summed E-state index contributed by atoms with van der Waals surface area (Å²) in [5, 5.41) is 4.59. The van der Waals surface area contributed by atoms with E-state index in [4.69, 9.17) is 14.4 Å². The molecule has 0 radical (unpaired) electrons. The molecule has 7 aromatic carbocycles. The highest BCUT2D eigenvalue weighted by atomic mass is 16.3. The van der Waals surface area contributed by atoms with Gasteiger partial charge in [0.25, 0.3) is 0 Å². The van der Waals surface area contributed by atoms with E-state index in [1.807, 2.05) is 18.2 Å². The van der Waals surface area contributed by atoms with E-state index in [-0.39, 0.29) is 5.92 Å². The third kappa shape index (κ3) is 6.13. The molecule has 53 heavy (non-hydrogen) atoms. The lowest BCUT2D eigenvalue weighted by atomic mass is 10.0. The molecular formula is C49H39N3O. The summed E-state index contributed by atoms with van der Waals surface area (Å²) in [6.45, 7) is 5.01. The van der Waals surface area contributed by atoms with E-state index >= 15 is 0 Å². The van der Waals surface area contributed by atoms with Gasteiger partial charge >= 0.3 is 0 Å². The fourth-order valence-corrected chi connectivity index (χ4v) is 7.37. The Morgan fingerprint density at radius 1 is 0.547 bits per heavy atom. The van der Waals surface area contributed by atoms with Gasteiger partial charge in [-0.2, -0.15) is 0 Å². The third-order valence-corrected chi connectivity index (χ3v) is 10.4. The van der Waals surface area contributed by atoms with Crippen molar-refractivity contribution < 1.29 is 4.42 Å². The molecule has 0 spiro atoms. The minimum absolute atomic E-state index is 0.133. The Morgan fingerprint density at radius 3 is 1.74 bits per heavy atom. The number of aliphatic imine (C=N–C) groups is 2. The van der Waals surface area contributed by atoms with E-state index in [0.29, 0.717) is 12.4 Å². The first-order valence-electron chi connectivity index (χ1n) is 18.4. The number of rotatable bonds is 7. The SMILES string of the molecule is CCC(C)C(=NC(=NCc1ccccc1)c1ccc2c(c1)oc1ccccc12)n1c2ccc(-c3ccccc3)cc2c2cc(-c3ccccc3)ccc21. The van der Waals surface area contributed by atoms with Gasteiger partial charge in [-0.1, -0.05) is 141 Å². The highest BCUT2D eigenvalue weighted by Gasteiger charge is 2.22. The summed E-state index contributed by atoms with van der Waals surface area (Å²) < 4.78 is 8.73. The molecule has 0 saturated heterocycles. The molecule has 0 saturated carbocycles. The molecular weight excluding hydrogens is 647 g/mol. The number of aromatic nitrogens is 1. The minimum Gasteiger partial charge on any atom is -0.456 e. The smallest absolute Gasteiger partial charge is 0.157 e. The summed E-state index contributed by atoms with van der Waals surface area (Å²) in [5.74, 6) is 1.78. The van der Waals surface area contributed by atoms with Gasteiger partial charge in [0, 0.05) is 33.0 Å². The average molecular weight is 686 g/mol. The molecule has 2 aromatic heterocycles. The predicted octanol–water partition coefficient (Wildman–Crippen LogP) is 13.0. The number of para-hydroxylation sites is 1. The molecule has 0 fully saturated rings. The Labute approximate surface area is 309 Å². The summed E-state index contributed by atoms with van der Waals surface area (Å²) in [4.78, 5) is 10.8. The zero-order chi connectivity index (χ0) is 35.7. The second-order valence-corrected chi connectivity index (χ2v) is 13.7. The van der Waals surface area contributed by atoms with Crippen LogP contribution in [0.2, 0.25) is 0 Å². The largest absolute Gasteiger partial charge is 0.456 e. The van der Waals surface area contributed by atoms with E-state index in [2.05, 4.69) is 170 Å². The van der Waals surface area contributed by atoms with Crippen LogP contribution in [-0.4, -0.2) is 16.2 Å². The Kier molecular flexibility index (Phi) is 8.49. The number of furan rings is 1. The van der Waals surface area contributed by atoms with Crippen LogP contribution >= 0.6 is 0 Å². The van der Waals surface area contributed by atoms with Crippen molar-refractivity contribution >= 4 is 55.4 Å². The summed E-state index contributed by atoms with van der Waals surface area (Å²) >= 11 is 0. The lowest BCUT2D eigenvalue weighted by molar-refractivity contribution is 0.669.